The second-order valence-corrected chi connectivity index (χ2v) is 8.79. The Morgan fingerprint density at radius 1 is 0.677 bits per heavy atom. The van der Waals surface area contributed by atoms with Gasteiger partial charge in [0.05, 0.1) is 13.2 Å². The third-order valence-electron chi connectivity index (χ3n) is 5.19. The molecule has 0 bridgehead atoms. The molecule has 0 saturated heterocycles. The Labute approximate surface area is 182 Å². The fraction of sp³-hybridized carbons (Fsp3) is 0.154. The molecule has 1 atom stereocenters. The van der Waals surface area contributed by atoms with Gasteiger partial charge in [0.25, 0.3) is 0 Å². The molecule has 0 aliphatic rings. The van der Waals surface area contributed by atoms with Gasteiger partial charge in [0, 0.05) is 0 Å². The highest BCUT2D eigenvalue weighted by atomic mass is 31.2. The van der Waals surface area contributed by atoms with Crippen LogP contribution >= 0.6 is 7.82 Å². The maximum atomic E-state index is 12.2. The van der Waals surface area contributed by atoms with E-state index >= 15 is 0 Å². The second kappa shape index (κ2) is 10.0. The lowest BCUT2D eigenvalue weighted by molar-refractivity contribution is 0.152. The molecule has 1 N–H and O–H groups in total. The van der Waals surface area contributed by atoms with E-state index in [-0.39, 0.29) is 13.2 Å². The number of phosphoric ester groups is 1. The summed E-state index contributed by atoms with van der Waals surface area (Å²) >= 11 is 0. The van der Waals surface area contributed by atoms with Crippen LogP contribution in [0.2, 0.25) is 0 Å². The third-order valence-corrected chi connectivity index (χ3v) is 6.21. The minimum Gasteiger partial charge on any atom is -0.302 e. The van der Waals surface area contributed by atoms with Crippen LogP contribution < -0.4 is 0 Å². The van der Waals surface area contributed by atoms with Crippen LogP contribution in [0.1, 0.15) is 11.1 Å². The van der Waals surface area contributed by atoms with Crippen LogP contribution in [-0.4, -0.2) is 18.1 Å². The number of fused-ring (bicyclic) bond motifs is 1. The first-order chi connectivity index (χ1) is 15.1. The number of phosphoric acid groups is 1. The number of hydrogen-bond donors (Lipinski definition) is 1. The Morgan fingerprint density at radius 2 is 1.32 bits per heavy atom. The molecular weight excluding hydrogens is 407 g/mol. The number of benzene rings is 4. The van der Waals surface area contributed by atoms with Crippen molar-refractivity contribution in [2.75, 3.05) is 13.2 Å². The Morgan fingerprint density at radius 3 is 2.13 bits per heavy atom. The summed E-state index contributed by atoms with van der Waals surface area (Å²) in [5.41, 5.74) is 4.31. The maximum Gasteiger partial charge on any atom is 0.472 e. The first-order valence-corrected chi connectivity index (χ1v) is 11.8. The summed E-state index contributed by atoms with van der Waals surface area (Å²) in [5, 5.41) is 2.37. The van der Waals surface area contributed by atoms with Gasteiger partial charge < -0.3 is 4.89 Å². The topological polar surface area (TPSA) is 55.8 Å². The molecule has 4 rings (SSSR count). The summed E-state index contributed by atoms with van der Waals surface area (Å²) in [5.74, 6) is 0. The molecule has 0 radical (unpaired) electrons. The quantitative estimate of drug-likeness (QED) is 0.310. The molecule has 0 aliphatic carbocycles. The molecule has 4 nitrogen and oxygen atoms in total. The smallest absolute Gasteiger partial charge is 0.302 e. The van der Waals surface area contributed by atoms with Gasteiger partial charge in [-0.15, -0.1) is 0 Å². The Bertz CT molecular complexity index is 1190. The highest BCUT2D eigenvalue weighted by molar-refractivity contribution is 7.47. The minimum absolute atomic E-state index is 0.101. The van der Waals surface area contributed by atoms with E-state index in [2.05, 4.69) is 36.4 Å². The Kier molecular flexibility index (Phi) is 6.96. The minimum atomic E-state index is -4.09. The number of hydrogen-bond acceptors (Lipinski definition) is 3. The molecule has 5 heteroatoms. The van der Waals surface area contributed by atoms with Gasteiger partial charge in [0.15, 0.2) is 0 Å². The molecule has 0 amide bonds. The average molecular weight is 432 g/mol. The Hall–Kier alpha value is -2.75. The van der Waals surface area contributed by atoms with Gasteiger partial charge in [-0.3, -0.25) is 9.05 Å². The summed E-state index contributed by atoms with van der Waals surface area (Å²) in [6, 6.07) is 32.4. The van der Waals surface area contributed by atoms with Crippen molar-refractivity contribution in [1.29, 1.82) is 0 Å². The van der Waals surface area contributed by atoms with Gasteiger partial charge in [-0.25, -0.2) is 4.57 Å². The van der Waals surface area contributed by atoms with Crippen molar-refractivity contribution < 1.29 is 18.5 Å². The molecular formula is C26H25O4P. The van der Waals surface area contributed by atoms with Crippen LogP contribution in [0, 0.1) is 0 Å². The Balaban J connectivity index is 1.37. The average Bonchev–Trinajstić information content (AvgIpc) is 2.79. The van der Waals surface area contributed by atoms with Gasteiger partial charge in [-0.05, 0) is 51.9 Å². The lowest BCUT2D eigenvalue weighted by atomic mass is 9.96. The van der Waals surface area contributed by atoms with Crippen molar-refractivity contribution in [3.05, 3.63) is 108 Å². The second-order valence-electron chi connectivity index (χ2n) is 7.34. The van der Waals surface area contributed by atoms with E-state index < -0.39 is 7.82 Å². The van der Waals surface area contributed by atoms with Crippen molar-refractivity contribution in [3.8, 4) is 11.1 Å². The normalized spacial score (nSPS) is 13.2. The summed E-state index contributed by atoms with van der Waals surface area (Å²) in [4.78, 5) is 9.99. The highest BCUT2D eigenvalue weighted by Gasteiger charge is 2.20. The molecule has 0 aromatic heterocycles. The third kappa shape index (κ3) is 5.90. The van der Waals surface area contributed by atoms with Gasteiger partial charge in [0.1, 0.15) is 0 Å². The van der Waals surface area contributed by atoms with Crippen LogP contribution in [0.3, 0.4) is 0 Å². The lowest BCUT2D eigenvalue weighted by Gasteiger charge is -2.14. The molecule has 4 aromatic carbocycles. The van der Waals surface area contributed by atoms with Crippen LogP contribution in [0.25, 0.3) is 21.9 Å². The summed E-state index contributed by atoms with van der Waals surface area (Å²) in [7, 11) is -4.09. The van der Waals surface area contributed by atoms with Crippen LogP contribution in [0.15, 0.2) is 97.1 Å². The zero-order valence-electron chi connectivity index (χ0n) is 17.2. The highest BCUT2D eigenvalue weighted by Crippen LogP contribution is 2.43. The van der Waals surface area contributed by atoms with E-state index in [1.54, 1.807) is 0 Å². The SMILES string of the molecule is O=P(O)(OCCc1ccccc1)OCCc1ccccc1-c1ccc2ccccc2c1. The molecule has 158 valence electrons. The van der Waals surface area contributed by atoms with Crippen LogP contribution in [-0.2, 0) is 26.5 Å². The van der Waals surface area contributed by atoms with E-state index in [1.807, 2.05) is 60.7 Å². The van der Waals surface area contributed by atoms with Crippen molar-refractivity contribution in [3.63, 3.8) is 0 Å². The van der Waals surface area contributed by atoms with Crippen molar-refractivity contribution >= 4 is 18.6 Å². The van der Waals surface area contributed by atoms with E-state index in [0.717, 1.165) is 22.3 Å². The first-order valence-electron chi connectivity index (χ1n) is 10.3. The molecule has 0 spiro atoms. The predicted octanol–water partition coefficient (Wildman–Crippen LogP) is 6.43. The zero-order valence-corrected chi connectivity index (χ0v) is 18.1. The lowest BCUT2D eigenvalue weighted by Crippen LogP contribution is -2.03. The summed E-state index contributed by atoms with van der Waals surface area (Å²) in [6.45, 7) is 0.231. The molecule has 4 aromatic rings. The fourth-order valence-corrected chi connectivity index (χ4v) is 4.33. The van der Waals surface area contributed by atoms with Crippen molar-refractivity contribution in [2.45, 2.75) is 12.8 Å². The largest absolute Gasteiger partial charge is 0.472 e. The van der Waals surface area contributed by atoms with Crippen LogP contribution in [0.5, 0.6) is 0 Å². The van der Waals surface area contributed by atoms with Gasteiger partial charge in [0.2, 0.25) is 0 Å². The molecule has 0 aliphatic heterocycles. The summed E-state index contributed by atoms with van der Waals surface area (Å²) in [6.07, 6.45) is 1.06. The van der Waals surface area contributed by atoms with Crippen molar-refractivity contribution in [1.82, 2.24) is 0 Å². The molecule has 0 saturated carbocycles. The first kappa shape index (κ1) is 21.5. The molecule has 1 unspecified atom stereocenters. The van der Waals surface area contributed by atoms with E-state index in [0.29, 0.717) is 12.8 Å². The molecule has 0 heterocycles. The van der Waals surface area contributed by atoms with E-state index in [1.165, 1.54) is 10.8 Å². The maximum absolute atomic E-state index is 12.2. The standard InChI is InChI=1S/C26H25O4P/c27-31(28,29-18-16-21-8-2-1-3-9-21)30-19-17-23-11-6-7-13-26(23)25-15-14-22-10-4-5-12-24(22)20-25/h1-15,20H,16-19H2,(H,27,28). The monoisotopic (exact) mass is 432 g/mol. The van der Waals surface area contributed by atoms with Gasteiger partial charge in [-0.1, -0.05) is 91.0 Å². The zero-order chi connectivity index (χ0) is 21.5. The van der Waals surface area contributed by atoms with E-state index in [9.17, 15) is 9.46 Å². The van der Waals surface area contributed by atoms with Gasteiger partial charge >= 0.3 is 7.82 Å². The fourth-order valence-electron chi connectivity index (χ4n) is 3.61. The molecule has 31 heavy (non-hydrogen) atoms. The predicted molar refractivity (Wildman–Crippen MR) is 125 cm³/mol. The van der Waals surface area contributed by atoms with Crippen molar-refractivity contribution in [2.24, 2.45) is 0 Å². The summed E-state index contributed by atoms with van der Waals surface area (Å²) < 4.78 is 22.6. The van der Waals surface area contributed by atoms with Gasteiger partial charge in [-0.2, -0.15) is 0 Å². The van der Waals surface area contributed by atoms with E-state index in [4.69, 9.17) is 9.05 Å². The molecule has 0 fully saturated rings. The van der Waals surface area contributed by atoms with Crippen LogP contribution in [0.4, 0.5) is 0 Å². The number of rotatable bonds is 9.